The summed E-state index contributed by atoms with van der Waals surface area (Å²) in [5, 5.41) is 20.3. The Hall–Kier alpha value is -3.12. The van der Waals surface area contributed by atoms with Crippen LogP contribution in [0.2, 0.25) is 0 Å². The fourth-order valence-corrected chi connectivity index (χ4v) is 4.46. The molecule has 1 aliphatic heterocycles. The molecule has 0 aromatic carbocycles. The number of hydrogen-bond donors (Lipinski definition) is 3. The zero-order valence-electron chi connectivity index (χ0n) is 15.8. The summed E-state index contributed by atoms with van der Waals surface area (Å²) in [6.45, 7) is 0.254. The third-order valence-corrected chi connectivity index (χ3v) is 5.76. The highest BCUT2D eigenvalue weighted by atomic mass is 16.3. The molecule has 28 heavy (non-hydrogen) atoms. The van der Waals surface area contributed by atoms with Gasteiger partial charge in [0.15, 0.2) is 0 Å². The Morgan fingerprint density at radius 1 is 1.36 bits per heavy atom. The van der Waals surface area contributed by atoms with Gasteiger partial charge in [-0.15, -0.1) is 0 Å². The Morgan fingerprint density at radius 3 is 2.71 bits per heavy atom. The first-order chi connectivity index (χ1) is 13.5. The van der Waals surface area contributed by atoms with Crippen molar-refractivity contribution in [3.05, 3.63) is 11.1 Å². The molecule has 0 unspecified atom stereocenters. The lowest BCUT2D eigenvalue weighted by Crippen LogP contribution is -2.36. The van der Waals surface area contributed by atoms with Crippen molar-refractivity contribution in [1.29, 1.82) is 5.26 Å². The smallest absolute Gasteiger partial charge is 0.240 e. The van der Waals surface area contributed by atoms with Crippen LogP contribution in [0.25, 0.3) is 10.8 Å². The van der Waals surface area contributed by atoms with Gasteiger partial charge in [-0.2, -0.15) is 5.26 Å². The van der Waals surface area contributed by atoms with E-state index in [0.717, 1.165) is 25.7 Å². The maximum absolute atomic E-state index is 12.9. The highest BCUT2D eigenvalue weighted by Gasteiger charge is 2.39. The molecule has 1 saturated carbocycles. The van der Waals surface area contributed by atoms with Gasteiger partial charge in [-0.25, -0.2) is 9.97 Å². The van der Waals surface area contributed by atoms with Gasteiger partial charge in [0.2, 0.25) is 17.5 Å². The number of nitriles is 1. The number of likely N-dealkylation sites (N-methyl/N-ethyl adjacent to an activating group) is 1. The number of nitrogens with two attached hydrogens (primary N) is 2. The predicted octanol–water partition coefficient (Wildman–Crippen LogP) is 0.345. The standard InChI is InChI=1S/C19H23N7O2/c1-25(6-7-27)18-12(9-20)14-11-8-13(28)26(10-4-2-3-5-10)19(11)24-17(22)15(14)16(21)23-18/h10,27H,2-8H2,1H3,(H2,21,23)(H2,22,24)/p+1. The lowest BCUT2D eigenvalue weighted by molar-refractivity contribution is -0.344. The summed E-state index contributed by atoms with van der Waals surface area (Å²) in [6.07, 6.45) is 4.26. The second-order valence-electron chi connectivity index (χ2n) is 7.45. The van der Waals surface area contributed by atoms with Gasteiger partial charge in [0, 0.05) is 17.0 Å². The molecule has 1 amide bonds. The molecule has 3 heterocycles. The molecular formula is C19H24N7O2+. The summed E-state index contributed by atoms with van der Waals surface area (Å²) < 4.78 is 0. The van der Waals surface area contributed by atoms with Gasteiger partial charge >= 0.3 is 0 Å². The van der Waals surface area contributed by atoms with Crippen LogP contribution >= 0.6 is 0 Å². The average molecular weight is 382 g/mol. The minimum Gasteiger partial charge on any atom is -0.393 e. The molecule has 0 radical (unpaired) electrons. The maximum Gasteiger partial charge on any atom is 0.240 e. The van der Waals surface area contributed by atoms with Gasteiger partial charge in [0.1, 0.15) is 23.3 Å². The first-order valence-electron chi connectivity index (χ1n) is 9.48. The fourth-order valence-electron chi connectivity index (χ4n) is 4.46. The van der Waals surface area contributed by atoms with Gasteiger partial charge in [0.25, 0.3) is 0 Å². The van der Waals surface area contributed by atoms with E-state index in [9.17, 15) is 15.2 Å². The fraction of sp³-hybridized carbons (Fsp3) is 0.474. The van der Waals surface area contributed by atoms with Crippen molar-refractivity contribution in [2.45, 2.75) is 38.1 Å². The van der Waals surface area contributed by atoms with Crippen molar-refractivity contribution >= 4 is 40.0 Å². The molecule has 0 saturated heterocycles. The Morgan fingerprint density at radius 2 is 2.07 bits per heavy atom. The molecule has 2 aliphatic rings. The van der Waals surface area contributed by atoms with Crippen molar-refractivity contribution in [3.63, 3.8) is 0 Å². The minimum absolute atomic E-state index is 0.0122. The van der Waals surface area contributed by atoms with E-state index in [4.69, 9.17) is 11.5 Å². The third kappa shape index (κ3) is 2.60. The van der Waals surface area contributed by atoms with Gasteiger partial charge in [0.05, 0.1) is 32.0 Å². The number of aromatic amines is 1. The van der Waals surface area contributed by atoms with Crippen LogP contribution in [0.1, 0.15) is 36.8 Å². The molecule has 9 nitrogen and oxygen atoms in total. The van der Waals surface area contributed by atoms with Crippen LogP contribution in [-0.2, 0) is 11.2 Å². The van der Waals surface area contributed by atoms with Crippen LogP contribution in [0.5, 0.6) is 0 Å². The number of aliphatic hydroxyl groups excluding tert-OH is 1. The van der Waals surface area contributed by atoms with E-state index in [1.807, 2.05) is 0 Å². The number of H-pyrrole nitrogens is 1. The van der Waals surface area contributed by atoms with Crippen LogP contribution in [-0.4, -0.2) is 42.2 Å². The number of carbonyl (C=O) groups is 1. The number of fused-ring (bicyclic) bond motifs is 3. The number of rotatable bonds is 4. The van der Waals surface area contributed by atoms with E-state index < -0.39 is 0 Å². The number of pyridine rings is 2. The molecule has 0 bridgehead atoms. The van der Waals surface area contributed by atoms with E-state index in [1.54, 1.807) is 16.8 Å². The molecule has 9 heteroatoms. The van der Waals surface area contributed by atoms with Crippen LogP contribution in [0.4, 0.5) is 23.3 Å². The first kappa shape index (κ1) is 18.3. The molecule has 6 N–H and O–H groups in total. The van der Waals surface area contributed by atoms with Crippen LogP contribution in [0, 0.1) is 11.3 Å². The van der Waals surface area contributed by atoms with Crippen LogP contribution in [0.15, 0.2) is 0 Å². The van der Waals surface area contributed by atoms with Gasteiger partial charge < -0.3 is 16.6 Å². The summed E-state index contributed by atoms with van der Waals surface area (Å²) in [6, 6.07) is 2.37. The number of nitrogens with one attached hydrogen (secondary N) is 1. The summed E-state index contributed by atoms with van der Waals surface area (Å²) in [4.78, 5) is 23.9. The number of nitrogens with zero attached hydrogens (tertiary/aromatic N) is 4. The minimum atomic E-state index is -0.0717. The van der Waals surface area contributed by atoms with Gasteiger partial charge in [-0.1, -0.05) is 12.8 Å². The third-order valence-electron chi connectivity index (χ3n) is 5.76. The molecule has 1 fully saturated rings. The quantitative estimate of drug-likeness (QED) is 0.691. The van der Waals surface area contributed by atoms with Crippen LogP contribution < -0.4 is 26.3 Å². The number of nitrogen functional groups attached to an aromatic ring is 2. The normalized spacial score (nSPS) is 16.6. The van der Waals surface area contributed by atoms with E-state index in [0.29, 0.717) is 40.1 Å². The van der Waals surface area contributed by atoms with E-state index in [1.165, 1.54) is 0 Å². The molecule has 0 spiro atoms. The molecule has 146 valence electrons. The molecule has 4 rings (SSSR count). The maximum atomic E-state index is 12.9. The van der Waals surface area contributed by atoms with Crippen LogP contribution in [0.3, 0.4) is 0 Å². The molecule has 1 aliphatic carbocycles. The summed E-state index contributed by atoms with van der Waals surface area (Å²) in [5.41, 5.74) is 13.5. The second kappa shape index (κ2) is 6.80. The number of aliphatic hydroxyl groups is 1. The number of anilines is 4. The number of hydrogen-bond acceptors (Lipinski definition) is 7. The zero-order valence-corrected chi connectivity index (χ0v) is 15.8. The average Bonchev–Trinajstić information content (AvgIpc) is 3.28. The summed E-state index contributed by atoms with van der Waals surface area (Å²) in [5.74, 6) is 1.52. The molecule has 2 aromatic rings. The molecule has 2 aromatic heterocycles. The SMILES string of the molecule is CN(CCO)c1[nH+]c(N)c2c(N)nc3c(c2c1C#N)CC(=O)N3C1CCCC1. The van der Waals surface area contributed by atoms with Crippen molar-refractivity contribution in [3.8, 4) is 6.07 Å². The topological polar surface area (TPSA) is 147 Å². The monoisotopic (exact) mass is 382 g/mol. The Balaban J connectivity index is 2.01. The number of aromatic nitrogens is 2. The highest BCUT2D eigenvalue weighted by Crippen LogP contribution is 2.42. The molecular weight excluding hydrogens is 358 g/mol. The number of amides is 1. The van der Waals surface area contributed by atoms with E-state index in [2.05, 4.69) is 16.0 Å². The second-order valence-corrected chi connectivity index (χ2v) is 7.45. The van der Waals surface area contributed by atoms with Crippen molar-refractivity contribution in [1.82, 2.24) is 4.98 Å². The largest absolute Gasteiger partial charge is 0.393 e. The lowest BCUT2D eigenvalue weighted by Gasteiger charge is -2.24. The Kier molecular flexibility index (Phi) is 4.43. The Bertz CT molecular complexity index is 1010. The highest BCUT2D eigenvalue weighted by molar-refractivity contribution is 6.12. The van der Waals surface area contributed by atoms with Crippen molar-refractivity contribution in [2.24, 2.45) is 0 Å². The van der Waals surface area contributed by atoms with Crippen molar-refractivity contribution < 1.29 is 14.9 Å². The van der Waals surface area contributed by atoms with Gasteiger partial charge in [-0.05, 0) is 12.8 Å². The number of carbonyl (C=O) groups excluding carboxylic acids is 1. The summed E-state index contributed by atoms with van der Waals surface area (Å²) >= 11 is 0. The first-order valence-corrected chi connectivity index (χ1v) is 9.48. The summed E-state index contributed by atoms with van der Waals surface area (Å²) in [7, 11) is 1.76. The van der Waals surface area contributed by atoms with E-state index >= 15 is 0 Å². The molecule has 0 atom stereocenters. The van der Waals surface area contributed by atoms with Crippen molar-refractivity contribution in [2.75, 3.05) is 41.5 Å². The predicted molar refractivity (Wildman–Crippen MR) is 106 cm³/mol. The Labute approximate surface area is 162 Å². The zero-order chi connectivity index (χ0) is 20.0. The van der Waals surface area contributed by atoms with E-state index in [-0.39, 0.29) is 36.6 Å². The van der Waals surface area contributed by atoms with Gasteiger partial charge in [-0.3, -0.25) is 14.6 Å². The lowest BCUT2D eigenvalue weighted by atomic mass is 10.0.